The Morgan fingerprint density at radius 3 is 3.00 bits per heavy atom. The predicted molar refractivity (Wildman–Crippen MR) is 75.5 cm³/mol. The predicted octanol–water partition coefficient (Wildman–Crippen LogP) is 1.81. The number of hydrogen-bond donors (Lipinski definition) is 2. The molecule has 0 saturated carbocycles. The van der Waals surface area contributed by atoms with Crippen LogP contribution in [0.3, 0.4) is 0 Å². The fraction of sp³-hybridized carbons (Fsp3) is 0.533. The molecule has 1 amide bonds. The van der Waals surface area contributed by atoms with Crippen LogP contribution in [-0.4, -0.2) is 31.6 Å². The second kappa shape index (κ2) is 6.57. The van der Waals surface area contributed by atoms with Crippen LogP contribution in [0, 0.1) is 5.92 Å². The van der Waals surface area contributed by atoms with Crippen molar-refractivity contribution in [3.05, 3.63) is 29.8 Å². The maximum atomic E-state index is 12.3. The second-order valence-electron chi connectivity index (χ2n) is 4.94. The van der Waals surface area contributed by atoms with Gasteiger partial charge in [0.05, 0.1) is 12.2 Å². The van der Waals surface area contributed by atoms with E-state index in [1.54, 1.807) is 6.07 Å². The van der Waals surface area contributed by atoms with Crippen LogP contribution >= 0.6 is 0 Å². The molecule has 1 heterocycles. The molecule has 1 fully saturated rings. The lowest BCUT2D eigenvalue weighted by Crippen LogP contribution is -2.39. The largest absolute Gasteiger partial charge is 0.493 e. The van der Waals surface area contributed by atoms with Gasteiger partial charge in [0.25, 0.3) is 5.91 Å². The highest BCUT2D eigenvalue weighted by Crippen LogP contribution is 2.19. The molecular weight excluding hydrogens is 240 g/mol. The third-order valence-corrected chi connectivity index (χ3v) is 3.60. The van der Waals surface area contributed by atoms with Gasteiger partial charge < -0.3 is 15.4 Å². The first-order chi connectivity index (χ1) is 9.22. The molecule has 4 nitrogen and oxygen atoms in total. The van der Waals surface area contributed by atoms with Crippen molar-refractivity contribution in [3.63, 3.8) is 0 Å². The molecule has 1 aliphatic heterocycles. The highest BCUT2D eigenvalue weighted by molar-refractivity contribution is 5.97. The van der Waals surface area contributed by atoms with Gasteiger partial charge in [0.2, 0.25) is 0 Å². The van der Waals surface area contributed by atoms with Gasteiger partial charge in [-0.1, -0.05) is 12.1 Å². The lowest BCUT2D eigenvalue weighted by molar-refractivity contribution is 0.0925. The molecule has 0 radical (unpaired) electrons. The average Bonchev–Trinajstić information content (AvgIpc) is 2.93. The van der Waals surface area contributed by atoms with Gasteiger partial charge in [0.15, 0.2) is 0 Å². The molecule has 2 N–H and O–H groups in total. The smallest absolute Gasteiger partial charge is 0.255 e. The van der Waals surface area contributed by atoms with E-state index in [9.17, 15) is 4.79 Å². The van der Waals surface area contributed by atoms with Crippen molar-refractivity contribution >= 4 is 5.91 Å². The first-order valence-electron chi connectivity index (χ1n) is 6.95. The Bertz CT molecular complexity index is 428. The number of ether oxygens (including phenoxy) is 1. The zero-order valence-corrected chi connectivity index (χ0v) is 11.6. The number of hydrogen-bond acceptors (Lipinski definition) is 3. The van der Waals surface area contributed by atoms with Gasteiger partial charge in [-0.3, -0.25) is 4.79 Å². The number of carbonyl (C=O) groups excluding carboxylic acids is 1. The van der Waals surface area contributed by atoms with Gasteiger partial charge in [0, 0.05) is 6.04 Å². The van der Waals surface area contributed by atoms with Gasteiger partial charge in [-0.25, -0.2) is 0 Å². The summed E-state index contributed by atoms with van der Waals surface area (Å²) in [6, 6.07) is 7.56. The maximum absolute atomic E-state index is 12.3. The van der Waals surface area contributed by atoms with Crippen molar-refractivity contribution in [2.75, 3.05) is 19.7 Å². The van der Waals surface area contributed by atoms with Gasteiger partial charge in [-0.05, 0) is 51.4 Å². The molecule has 0 aliphatic carbocycles. The van der Waals surface area contributed by atoms with E-state index < -0.39 is 0 Å². The van der Waals surface area contributed by atoms with Crippen molar-refractivity contribution < 1.29 is 9.53 Å². The topological polar surface area (TPSA) is 50.4 Å². The molecule has 1 aromatic rings. The quantitative estimate of drug-likeness (QED) is 0.851. The van der Waals surface area contributed by atoms with Gasteiger partial charge in [-0.15, -0.1) is 0 Å². The zero-order valence-electron chi connectivity index (χ0n) is 11.6. The summed E-state index contributed by atoms with van der Waals surface area (Å²) in [6.07, 6.45) is 1.12. The summed E-state index contributed by atoms with van der Waals surface area (Å²) < 4.78 is 5.49. The van der Waals surface area contributed by atoms with Crippen LogP contribution in [-0.2, 0) is 0 Å². The van der Waals surface area contributed by atoms with Crippen LogP contribution in [0.25, 0.3) is 0 Å². The Hall–Kier alpha value is -1.55. The van der Waals surface area contributed by atoms with Crippen LogP contribution in [0.4, 0.5) is 0 Å². The second-order valence-corrected chi connectivity index (χ2v) is 4.94. The minimum absolute atomic E-state index is 0.0524. The van der Waals surface area contributed by atoms with E-state index in [-0.39, 0.29) is 11.9 Å². The third-order valence-electron chi connectivity index (χ3n) is 3.60. The van der Waals surface area contributed by atoms with Crippen LogP contribution in [0.15, 0.2) is 24.3 Å². The zero-order chi connectivity index (χ0) is 13.7. The average molecular weight is 262 g/mol. The van der Waals surface area contributed by atoms with Gasteiger partial charge in [-0.2, -0.15) is 0 Å². The van der Waals surface area contributed by atoms with E-state index in [1.807, 2.05) is 25.1 Å². The van der Waals surface area contributed by atoms with E-state index >= 15 is 0 Å². The van der Waals surface area contributed by atoms with Crippen molar-refractivity contribution in [3.8, 4) is 5.75 Å². The maximum Gasteiger partial charge on any atom is 0.255 e. The number of nitrogens with one attached hydrogen (secondary N) is 2. The third kappa shape index (κ3) is 3.47. The molecule has 1 aromatic carbocycles. The molecule has 0 aromatic heterocycles. The molecule has 1 aliphatic rings. The number of para-hydroxylation sites is 1. The Morgan fingerprint density at radius 2 is 2.32 bits per heavy atom. The highest BCUT2D eigenvalue weighted by atomic mass is 16.5. The summed E-state index contributed by atoms with van der Waals surface area (Å²) in [5.74, 6) is 1.12. The van der Waals surface area contributed by atoms with Crippen LogP contribution in [0.1, 0.15) is 30.6 Å². The van der Waals surface area contributed by atoms with Crippen LogP contribution < -0.4 is 15.4 Å². The number of rotatable bonds is 5. The standard InChI is InChI=1S/C15H22N2O2/c1-3-19-14-7-5-4-6-13(14)15(18)17-11(2)12-8-9-16-10-12/h4-7,11-12,16H,3,8-10H2,1-2H3,(H,17,18). The highest BCUT2D eigenvalue weighted by Gasteiger charge is 2.23. The molecular formula is C15H22N2O2. The molecule has 0 bridgehead atoms. The Balaban J connectivity index is 2.02. The fourth-order valence-electron chi connectivity index (χ4n) is 2.44. The van der Waals surface area contributed by atoms with E-state index in [4.69, 9.17) is 4.74 Å². The minimum atomic E-state index is -0.0524. The lowest BCUT2D eigenvalue weighted by Gasteiger charge is -2.20. The number of benzene rings is 1. The van der Waals surface area contributed by atoms with Crippen molar-refractivity contribution in [1.82, 2.24) is 10.6 Å². The summed E-state index contributed by atoms with van der Waals surface area (Å²) in [5.41, 5.74) is 0.613. The minimum Gasteiger partial charge on any atom is -0.493 e. The van der Waals surface area contributed by atoms with Crippen LogP contribution in [0.2, 0.25) is 0 Å². The number of carbonyl (C=O) groups is 1. The number of amides is 1. The Morgan fingerprint density at radius 1 is 1.53 bits per heavy atom. The SMILES string of the molecule is CCOc1ccccc1C(=O)NC(C)C1CCNC1. The Kier molecular flexibility index (Phi) is 4.80. The first kappa shape index (κ1) is 13.9. The molecule has 4 heteroatoms. The first-order valence-corrected chi connectivity index (χ1v) is 6.95. The monoisotopic (exact) mass is 262 g/mol. The molecule has 1 saturated heterocycles. The van der Waals surface area contributed by atoms with Crippen LogP contribution in [0.5, 0.6) is 5.75 Å². The summed E-state index contributed by atoms with van der Waals surface area (Å²) in [7, 11) is 0. The molecule has 0 spiro atoms. The van der Waals surface area contributed by atoms with E-state index in [1.165, 1.54) is 0 Å². The fourth-order valence-corrected chi connectivity index (χ4v) is 2.44. The Labute approximate surface area is 114 Å². The van der Waals surface area contributed by atoms with Crippen molar-refractivity contribution in [2.45, 2.75) is 26.3 Å². The van der Waals surface area contributed by atoms with Crippen molar-refractivity contribution in [2.24, 2.45) is 5.92 Å². The summed E-state index contributed by atoms with van der Waals surface area (Å²) in [5, 5.41) is 6.40. The van der Waals surface area contributed by atoms with Gasteiger partial charge >= 0.3 is 0 Å². The lowest BCUT2D eigenvalue weighted by atomic mass is 10.00. The molecule has 2 rings (SSSR count). The molecule has 2 unspecified atom stereocenters. The summed E-state index contributed by atoms with van der Waals surface area (Å²) in [4.78, 5) is 12.3. The van der Waals surface area contributed by atoms with E-state index in [0.717, 1.165) is 19.5 Å². The normalized spacial score (nSPS) is 20.0. The van der Waals surface area contributed by atoms with Gasteiger partial charge in [0.1, 0.15) is 5.75 Å². The van der Waals surface area contributed by atoms with Crippen molar-refractivity contribution in [1.29, 1.82) is 0 Å². The molecule has 2 atom stereocenters. The molecule has 104 valence electrons. The summed E-state index contributed by atoms with van der Waals surface area (Å²) >= 11 is 0. The van der Waals surface area contributed by atoms with E-state index in [2.05, 4.69) is 17.6 Å². The molecule has 19 heavy (non-hydrogen) atoms. The summed E-state index contributed by atoms with van der Waals surface area (Å²) in [6.45, 7) is 6.57. The van der Waals surface area contributed by atoms with E-state index in [0.29, 0.717) is 23.8 Å².